The first-order valence-corrected chi connectivity index (χ1v) is 6.48. The first kappa shape index (κ1) is 13.2. The Morgan fingerprint density at radius 3 is 2.22 bits per heavy atom. The van der Waals surface area contributed by atoms with E-state index in [0.29, 0.717) is 11.8 Å². The van der Waals surface area contributed by atoms with Crippen molar-refractivity contribution in [3.63, 3.8) is 0 Å². The summed E-state index contributed by atoms with van der Waals surface area (Å²) < 4.78 is 5.10. The van der Waals surface area contributed by atoms with Gasteiger partial charge in [-0.05, 0) is 57.8 Å². The van der Waals surface area contributed by atoms with Crippen LogP contribution in [0.15, 0.2) is 0 Å². The number of carboxylic acids is 1. The maximum atomic E-state index is 11.6. The lowest BCUT2D eigenvalue weighted by atomic mass is 9.94. The highest BCUT2D eigenvalue weighted by Crippen LogP contribution is 2.55. The molecule has 0 aromatic carbocycles. The molecule has 5 heteroatoms. The summed E-state index contributed by atoms with van der Waals surface area (Å²) in [4.78, 5) is 22.9. The molecule has 0 bridgehead atoms. The fourth-order valence-corrected chi connectivity index (χ4v) is 2.85. The zero-order chi connectivity index (χ0) is 13.5. The second-order valence-electron chi connectivity index (χ2n) is 6.45. The predicted octanol–water partition coefficient (Wildman–Crippen LogP) is 2.01. The highest BCUT2D eigenvalue weighted by Gasteiger charge is 2.49. The summed E-state index contributed by atoms with van der Waals surface area (Å²) in [6, 6.07) is -0.812. The molecule has 102 valence electrons. The van der Waals surface area contributed by atoms with Crippen LogP contribution >= 0.6 is 0 Å². The van der Waals surface area contributed by atoms with E-state index in [2.05, 4.69) is 5.32 Å². The highest BCUT2D eigenvalue weighted by molar-refractivity contribution is 5.80. The molecule has 3 unspecified atom stereocenters. The van der Waals surface area contributed by atoms with Crippen molar-refractivity contribution in [2.24, 2.45) is 17.8 Å². The number of rotatable bonds is 3. The molecule has 0 heterocycles. The van der Waals surface area contributed by atoms with Crippen molar-refractivity contribution in [1.82, 2.24) is 5.32 Å². The van der Waals surface area contributed by atoms with Gasteiger partial charge < -0.3 is 15.2 Å². The van der Waals surface area contributed by atoms with E-state index in [-0.39, 0.29) is 5.92 Å². The molecule has 0 aromatic heterocycles. The van der Waals surface area contributed by atoms with E-state index >= 15 is 0 Å². The molecule has 5 nitrogen and oxygen atoms in total. The van der Waals surface area contributed by atoms with Crippen molar-refractivity contribution >= 4 is 12.1 Å². The Balaban J connectivity index is 1.90. The minimum Gasteiger partial charge on any atom is -0.480 e. The third kappa shape index (κ3) is 3.15. The lowest BCUT2D eigenvalue weighted by molar-refractivity contribution is -0.141. The maximum absolute atomic E-state index is 11.6. The second-order valence-corrected chi connectivity index (χ2v) is 6.45. The first-order valence-electron chi connectivity index (χ1n) is 6.48. The fraction of sp³-hybridized carbons (Fsp3) is 0.846. The molecule has 0 aromatic rings. The number of hydrogen-bond acceptors (Lipinski definition) is 3. The number of alkyl carbamates (subject to hydrolysis) is 1. The highest BCUT2D eigenvalue weighted by atomic mass is 16.6. The summed E-state index contributed by atoms with van der Waals surface area (Å²) >= 11 is 0. The fourth-order valence-electron chi connectivity index (χ4n) is 2.85. The monoisotopic (exact) mass is 255 g/mol. The van der Waals surface area contributed by atoms with Gasteiger partial charge in [-0.3, -0.25) is 0 Å². The van der Waals surface area contributed by atoms with Gasteiger partial charge in [0.2, 0.25) is 0 Å². The summed E-state index contributed by atoms with van der Waals surface area (Å²) in [6.07, 6.45) is 2.42. The van der Waals surface area contributed by atoms with Gasteiger partial charge in [-0.25, -0.2) is 9.59 Å². The molecule has 0 aliphatic heterocycles. The number of nitrogens with one attached hydrogen (secondary N) is 1. The molecule has 0 saturated heterocycles. The molecule has 2 aliphatic carbocycles. The molecular weight excluding hydrogens is 234 g/mol. The number of carbonyl (C=O) groups is 2. The smallest absolute Gasteiger partial charge is 0.408 e. The van der Waals surface area contributed by atoms with Crippen LogP contribution in [0.5, 0.6) is 0 Å². The van der Waals surface area contributed by atoms with E-state index < -0.39 is 23.7 Å². The van der Waals surface area contributed by atoms with Crippen LogP contribution in [0.25, 0.3) is 0 Å². The van der Waals surface area contributed by atoms with Gasteiger partial charge in [-0.15, -0.1) is 0 Å². The van der Waals surface area contributed by atoms with E-state index in [9.17, 15) is 14.7 Å². The van der Waals surface area contributed by atoms with Crippen LogP contribution in [0.1, 0.15) is 40.0 Å². The number of carboxylic acid groups (broad SMARTS) is 1. The van der Waals surface area contributed by atoms with Gasteiger partial charge in [0.05, 0.1) is 0 Å². The topological polar surface area (TPSA) is 75.6 Å². The molecule has 2 saturated carbocycles. The Kier molecular flexibility index (Phi) is 3.25. The molecule has 2 rings (SSSR count). The van der Waals surface area contributed by atoms with Crippen LogP contribution < -0.4 is 5.32 Å². The van der Waals surface area contributed by atoms with E-state index in [4.69, 9.17) is 4.74 Å². The number of amides is 1. The average molecular weight is 255 g/mol. The number of fused-ring (bicyclic) bond motifs is 1. The van der Waals surface area contributed by atoms with E-state index in [0.717, 1.165) is 12.8 Å². The summed E-state index contributed by atoms with van der Waals surface area (Å²) in [5, 5.41) is 11.7. The van der Waals surface area contributed by atoms with Crippen molar-refractivity contribution in [1.29, 1.82) is 0 Å². The van der Waals surface area contributed by atoms with E-state index in [1.165, 1.54) is 6.42 Å². The molecule has 1 amide bonds. The van der Waals surface area contributed by atoms with Crippen LogP contribution in [-0.2, 0) is 9.53 Å². The number of carbonyl (C=O) groups excluding carboxylic acids is 1. The first-order chi connectivity index (χ1) is 8.26. The Morgan fingerprint density at radius 1 is 1.22 bits per heavy atom. The average Bonchev–Trinajstić information content (AvgIpc) is 2.79. The minimum absolute atomic E-state index is 0.0544. The van der Waals surface area contributed by atoms with Crippen molar-refractivity contribution < 1.29 is 19.4 Å². The Hall–Kier alpha value is -1.26. The van der Waals surface area contributed by atoms with Crippen molar-refractivity contribution in [3.8, 4) is 0 Å². The van der Waals surface area contributed by atoms with Crippen molar-refractivity contribution in [2.45, 2.75) is 51.7 Å². The van der Waals surface area contributed by atoms with Gasteiger partial charge in [0.15, 0.2) is 0 Å². The zero-order valence-electron chi connectivity index (χ0n) is 11.1. The molecule has 0 radical (unpaired) electrons. The van der Waals surface area contributed by atoms with Crippen molar-refractivity contribution in [3.05, 3.63) is 0 Å². The van der Waals surface area contributed by atoms with Crippen LogP contribution in [0, 0.1) is 17.8 Å². The van der Waals surface area contributed by atoms with Gasteiger partial charge in [0, 0.05) is 0 Å². The van der Waals surface area contributed by atoms with Crippen LogP contribution in [0.2, 0.25) is 0 Å². The molecule has 18 heavy (non-hydrogen) atoms. The molecule has 2 aliphatic rings. The Labute approximate surface area is 107 Å². The van der Waals surface area contributed by atoms with Crippen molar-refractivity contribution in [2.75, 3.05) is 0 Å². The third-order valence-corrected chi connectivity index (χ3v) is 3.69. The van der Waals surface area contributed by atoms with Crippen LogP contribution in [0.3, 0.4) is 0 Å². The standard InChI is InChI=1S/C13H21NO4/c1-13(2,3)18-12(17)14-10(11(15)16)9-5-7-4-8(7)6-9/h7-10H,4-6H2,1-3H3,(H,14,17)(H,15,16)/t7-,8?,9?,10?/m1/s1. The Morgan fingerprint density at radius 2 is 1.78 bits per heavy atom. The maximum Gasteiger partial charge on any atom is 0.408 e. The predicted molar refractivity (Wildman–Crippen MR) is 65.1 cm³/mol. The van der Waals surface area contributed by atoms with Crippen LogP contribution in [-0.4, -0.2) is 28.8 Å². The normalized spacial score (nSPS) is 31.4. The van der Waals surface area contributed by atoms with Gasteiger partial charge in [0.25, 0.3) is 0 Å². The van der Waals surface area contributed by atoms with Gasteiger partial charge in [0.1, 0.15) is 11.6 Å². The summed E-state index contributed by atoms with van der Waals surface area (Å²) in [5.74, 6) is 0.473. The van der Waals surface area contributed by atoms with E-state index in [1.807, 2.05) is 0 Å². The van der Waals surface area contributed by atoms with Gasteiger partial charge in [-0.1, -0.05) is 0 Å². The zero-order valence-corrected chi connectivity index (χ0v) is 11.1. The lowest BCUT2D eigenvalue weighted by Crippen LogP contribution is -2.47. The number of hydrogen-bond donors (Lipinski definition) is 2. The van der Waals surface area contributed by atoms with Gasteiger partial charge >= 0.3 is 12.1 Å². The molecule has 0 spiro atoms. The number of aliphatic carboxylic acids is 1. The Bertz CT molecular complexity index is 350. The molecule has 4 atom stereocenters. The SMILES string of the molecule is CC(C)(C)OC(=O)NC(C(=O)O)C1CC2C[C@@H]2C1. The quantitative estimate of drug-likeness (QED) is 0.809. The number of ether oxygens (including phenoxy) is 1. The minimum atomic E-state index is -0.966. The molecule has 2 N–H and O–H groups in total. The summed E-state index contributed by atoms with van der Waals surface area (Å²) in [7, 11) is 0. The molecular formula is C13H21NO4. The largest absolute Gasteiger partial charge is 0.480 e. The molecule has 2 fully saturated rings. The summed E-state index contributed by atoms with van der Waals surface area (Å²) in [6.45, 7) is 5.27. The lowest BCUT2D eigenvalue weighted by Gasteiger charge is -2.25. The van der Waals surface area contributed by atoms with Crippen LogP contribution in [0.4, 0.5) is 4.79 Å². The van der Waals surface area contributed by atoms with Gasteiger partial charge in [-0.2, -0.15) is 0 Å². The summed E-state index contributed by atoms with van der Waals surface area (Å²) in [5.41, 5.74) is -0.606. The second kappa shape index (κ2) is 4.44. The van der Waals surface area contributed by atoms with E-state index in [1.54, 1.807) is 20.8 Å². The third-order valence-electron chi connectivity index (χ3n) is 3.69.